The van der Waals surface area contributed by atoms with Crippen LogP contribution in [0.25, 0.3) is 0 Å². The first-order valence-corrected chi connectivity index (χ1v) is 8.65. The summed E-state index contributed by atoms with van der Waals surface area (Å²) in [5.41, 5.74) is 1.19. The summed E-state index contributed by atoms with van der Waals surface area (Å²) >= 11 is 0. The van der Waals surface area contributed by atoms with E-state index in [0.29, 0.717) is 6.54 Å². The molecule has 1 aliphatic carbocycles. The summed E-state index contributed by atoms with van der Waals surface area (Å²) in [5, 5.41) is 10.1. The van der Waals surface area contributed by atoms with Gasteiger partial charge in [-0.2, -0.15) is 5.10 Å². The lowest BCUT2D eigenvalue weighted by Gasteiger charge is -2.24. The number of aromatic amines is 1. The van der Waals surface area contributed by atoms with Crippen LogP contribution in [0.2, 0.25) is 0 Å². The van der Waals surface area contributed by atoms with Gasteiger partial charge < -0.3 is 5.32 Å². The Hall–Kier alpha value is -0.920. The fraction of sp³-hybridized carbons (Fsp3) is 0.769. The number of hydrogen-bond donors (Lipinski definition) is 3. The van der Waals surface area contributed by atoms with Crippen molar-refractivity contribution in [1.82, 2.24) is 20.2 Å². The van der Waals surface area contributed by atoms with Crippen molar-refractivity contribution in [3.63, 3.8) is 0 Å². The highest BCUT2D eigenvalue weighted by Crippen LogP contribution is 2.31. The van der Waals surface area contributed by atoms with Gasteiger partial charge in [-0.25, -0.2) is 13.1 Å². The molecule has 0 amide bonds. The van der Waals surface area contributed by atoms with Gasteiger partial charge in [-0.15, -0.1) is 0 Å². The average molecular weight is 300 g/mol. The molecule has 6 nitrogen and oxygen atoms in total. The molecule has 7 heteroatoms. The van der Waals surface area contributed by atoms with Crippen molar-refractivity contribution in [2.45, 2.75) is 63.6 Å². The first-order chi connectivity index (χ1) is 9.38. The maximum absolute atomic E-state index is 12.6. The molecule has 1 fully saturated rings. The molecule has 0 aliphatic heterocycles. The summed E-state index contributed by atoms with van der Waals surface area (Å²) in [4.78, 5) is 0. The molecule has 1 heterocycles. The molecule has 0 atom stereocenters. The van der Waals surface area contributed by atoms with Crippen LogP contribution in [-0.4, -0.2) is 30.7 Å². The SMILES string of the molecule is CCNCc1c(S(=O)(=O)NC2(C)CCCC2)n[nH]c1C. The first kappa shape index (κ1) is 15.5. The average Bonchev–Trinajstić information content (AvgIpc) is 2.93. The van der Waals surface area contributed by atoms with Gasteiger partial charge in [0.2, 0.25) is 0 Å². The molecule has 114 valence electrons. The molecule has 0 radical (unpaired) electrons. The summed E-state index contributed by atoms with van der Waals surface area (Å²) in [6.07, 6.45) is 3.92. The molecule has 1 aromatic rings. The van der Waals surface area contributed by atoms with Gasteiger partial charge in [0.1, 0.15) is 0 Å². The monoisotopic (exact) mass is 300 g/mol. The number of nitrogens with zero attached hydrogens (tertiary/aromatic N) is 1. The van der Waals surface area contributed by atoms with Crippen molar-refractivity contribution in [2.24, 2.45) is 0 Å². The van der Waals surface area contributed by atoms with Crippen LogP contribution in [0, 0.1) is 6.92 Å². The van der Waals surface area contributed by atoms with Gasteiger partial charge in [0, 0.05) is 23.3 Å². The van der Waals surface area contributed by atoms with E-state index in [9.17, 15) is 8.42 Å². The van der Waals surface area contributed by atoms with Crippen LogP contribution in [0.3, 0.4) is 0 Å². The quantitative estimate of drug-likeness (QED) is 0.742. The summed E-state index contributed by atoms with van der Waals surface area (Å²) in [7, 11) is -3.57. The van der Waals surface area contributed by atoms with Crippen molar-refractivity contribution in [3.8, 4) is 0 Å². The van der Waals surface area contributed by atoms with Crippen LogP contribution in [0.1, 0.15) is 50.8 Å². The number of hydrogen-bond acceptors (Lipinski definition) is 4. The van der Waals surface area contributed by atoms with Gasteiger partial charge in [-0.1, -0.05) is 19.8 Å². The van der Waals surface area contributed by atoms with E-state index in [1.165, 1.54) is 0 Å². The lowest BCUT2D eigenvalue weighted by atomic mass is 10.0. The van der Waals surface area contributed by atoms with Gasteiger partial charge in [-0.05, 0) is 33.2 Å². The van der Waals surface area contributed by atoms with Crippen molar-refractivity contribution in [1.29, 1.82) is 0 Å². The minimum atomic E-state index is -3.57. The van der Waals surface area contributed by atoms with E-state index in [1.54, 1.807) is 0 Å². The molecule has 1 aromatic heterocycles. The minimum Gasteiger partial charge on any atom is -0.313 e. The lowest BCUT2D eigenvalue weighted by Crippen LogP contribution is -2.43. The zero-order valence-corrected chi connectivity index (χ0v) is 13.2. The molecular formula is C13H24N4O2S. The molecule has 0 bridgehead atoms. The van der Waals surface area contributed by atoms with Gasteiger partial charge in [0.25, 0.3) is 10.0 Å². The van der Waals surface area contributed by atoms with Crippen molar-refractivity contribution >= 4 is 10.0 Å². The number of sulfonamides is 1. The van der Waals surface area contributed by atoms with Crippen molar-refractivity contribution in [2.75, 3.05) is 6.54 Å². The second-order valence-corrected chi connectivity index (χ2v) is 7.38. The zero-order valence-electron chi connectivity index (χ0n) is 12.4. The minimum absolute atomic E-state index is 0.129. The Morgan fingerprint density at radius 2 is 2.00 bits per heavy atom. The third-order valence-electron chi connectivity index (χ3n) is 3.93. The Morgan fingerprint density at radius 1 is 1.35 bits per heavy atom. The normalized spacial score (nSPS) is 18.6. The third-order valence-corrected chi connectivity index (χ3v) is 5.54. The van der Waals surface area contributed by atoms with Gasteiger partial charge in [0.15, 0.2) is 5.03 Å². The van der Waals surface area contributed by atoms with E-state index in [1.807, 2.05) is 20.8 Å². The molecule has 0 aromatic carbocycles. The largest absolute Gasteiger partial charge is 0.313 e. The van der Waals surface area contributed by atoms with Gasteiger partial charge in [0.05, 0.1) is 0 Å². The number of rotatable bonds is 6. The Morgan fingerprint density at radius 3 is 2.60 bits per heavy atom. The number of nitrogens with one attached hydrogen (secondary N) is 3. The standard InChI is InChI=1S/C13H24N4O2S/c1-4-14-9-11-10(2)15-16-12(11)20(18,19)17-13(3)7-5-6-8-13/h14,17H,4-9H2,1-3H3,(H,15,16). The second-order valence-electron chi connectivity index (χ2n) is 5.79. The van der Waals surface area contributed by atoms with Crippen LogP contribution in [0.5, 0.6) is 0 Å². The van der Waals surface area contributed by atoms with E-state index in [0.717, 1.165) is 43.5 Å². The predicted molar refractivity (Wildman–Crippen MR) is 77.9 cm³/mol. The fourth-order valence-electron chi connectivity index (χ4n) is 2.74. The Bertz CT molecular complexity index is 559. The smallest absolute Gasteiger partial charge is 0.260 e. The molecular weight excluding hydrogens is 276 g/mol. The van der Waals surface area contributed by atoms with E-state index >= 15 is 0 Å². The topological polar surface area (TPSA) is 86.9 Å². The maximum Gasteiger partial charge on any atom is 0.260 e. The highest BCUT2D eigenvalue weighted by atomic mass is 32.2. The van der Waals surface area contributed by atoms with E-state index in [-0.39, 0.29) is 10.6 Å². The van der Waals surface area contributed by atoms with E-state index in [2.05, 4.69) is 20.2 Å². The van der Waals surface area contributed by atoms with Crippen molar-refractivity contribution < 1.29 is 8.42 Å². The third kappa shape index (κ3) is 3.21. The molecule has 1 aliphatic rings. The molecule has 0 spiro atoms. The van der Waals surface area contributed by atoms with Crippen LogP contribution in [0.15, 0.2) is 5.03 Å². The fourth-order valence-corrected chi connectivity index (χ4v) is 4.41. The second kappa shape index (κ2) is 5.83. The highest BCUT2D eigenvalue weighted by molar-refractivity contribution is 7.89. The van der Waals surface area contributed by atoms with E-state index in [4.69, 9.17) is 0 Å². The molecule has 20 heavy (non-hydrogen) atoms. The maximum atomic E-state index is 12.6. The van der Waals surface area contributed by atoms with Crippen molar-refractivity contribution in [3.05, 3.63) is 11.3 Å². The van der Waals surface area contributed by atoms with E-state index < -0.39 is 10.0 Å². The Kier molecular flexibility index (Phi) is 4.51. The predicted octanol–water partition coefficient (Wildman–Crippen LogP) is 1.44. The molecule has 0 saturated heterocycles. The van der Waals surface area contributed by atoms with Crippen LogP contribution < -0.4 is 10.0 Å². The Balaban J connectivity index is 2.25. The van der Waals surface area contributed by atoms with Gasteiger partial charge >= 0.3 is 0 Å². The van der Waals surface area contributed by atoms with Crippen LogP contribution in [-0.2, 0) is 16.6 Å². The number of aromatic nitrogens is 2. The number of aryl methyl sites for hydroxylation is 1. The molecule has 0 unspecified atom stereocenters. The Labute approximate surface area is 120 Å². The molecule has 3 N–H and O–H groups in total. The summed E-state index contributed by atoms with van der Waals surface area (Å²) in [6.45, 7) is 7.10. The lowest BCUT2D eigenvalue weighted by molar-refractivity contribution is 0.426. The summed E-state index contributed by atoms with van der Waals surface area (Å²) in [5.74, 6) is 0. The van der Waals surface area contributed by atoms with Crippen LogP contribution >= 0.6 is 0 Å². The summed E-state index contributed by atoms with van der Waals surface area (Å²) in [6, 6.07) is 0. The highest BCUT2D eigenvalue weighted by Gasteiger charge is 2.35. The zero-order chi connectivity index (χ0) is 14.8. The van der Waals surface area contributed by atoms with Crippen LogP contribution in [0.4, 0.5) is 0 Å². The number of H-pyrrole nitrogens is 1. The first-order valence-electron chi connectivity index (χ1n) is 7.16. The molecule has 2 rings (SSSR count). The van der Waals surface area contributed by atoms with Gasteiger partial charge in [-0.3, -0.25) is 5.10 Å². The molecule has 1 saturated carbocycles. The summed E-state index contributed by atoms with van der Waals surface area (Å²) < 4.78 is 28.0.